The summed E-state index contributed by atoms with van der Waals surface area (Å²) >= 11 is 1.70. The van der Waals surface area contributed by atoms with E-state index >= 15 is 0 Å². The van der Waals surface area contributed by atoms with E-state index < -0.39 is 0 Å². The smallest absolute Gasteiger partial charge is 0.220 e. The first-order valence-electron chi connectivity index (χ1n) is 6.19. The Labute approximate surface area is 107 Å². The van der Waals surface area contributed by atoms with E-state index in [9.17, 15) is 4.79 Å². The topological polar surface area (TPSA) is 55.1 Å². The van der Waals surface area contributed by atoms with Crippen LogP contribution in [0.25, 0.3) is 0 Å². The predicted molar refractivity (Wildman–Crippen MR) is 73.2 cm³/mol. The average Bonchev–Trinajstić information content (AvgIpc) is 2.87. The molecule has 1 amide bonds. The molecule has 0 saturated carbocycles. The molecule has 0 unspecified atom stereocenters. The van der Waals surface area contributed by atoms with Crippen LogP contribution in [0, 0.1) is 0 Å². The van der Waals surface area contributed by atoms with Gasteiger partial charge in [0.1, 0.15) is 0 Å². The molecule has 3 N–H and O–H groups in total. The van der Waals surface area contributed by atoms with Crippen molar-refractivity contribution < 1.29 is 4.79 Å². The molecule has 0 aromatic carbocycles. The van der Waals surface area contributed by atoms with E-state index in [1.54, 1.807) is 11.3 Å². The van der Waals surface area contributed by atoms with Crippen LogP contribution in [0.2, 0.25) is 0 Å². The Morgan fingerprint density at radius 2 is 2.18 bits per heavy atom. The van der Waals surface area contributed by atoms with E-state index in [0.717, 1.165) is 19.3 Å². The molecule has 0 aliphatic heterocycles. The molecule has 17 heavy (non-hydrogen) atoms. The van der Waals surface area contributed by atoms with Gasteiger partial charge in [0.2, 0.25) is 5.91 Å². The van der Waals surface area contributed by atoms with E-state index in [1.807, 2.05) is 11.4 Å². The van der Waals surface area contributed by atoms with Crippen molar-refractivity contribution in [1.82, 2.24) is 5.32 Å². The van der Waals surface area contributed by atoms with Gasteiger partial charge in [0, 0.05) is 17.8 Å². The lowest BCUT2D eigenvalue weighted by molar-refractivity contribution is -0.123. The van der Waals surface area contributed by atoms with E-state index in [-0.39, 0.29) is 11.4 Å². The molecule has 4 heteroatoms. The number of hydrogen-bond acceptors (Lipinski definition) is 3. The Morgan fingerprint density at radius 3 is 2.65 bits per heavy atom. The number of amides is 1. The summed E-state index contributed by atoms with van der Waals surface area (Å²) in [6.07, 6.45) is 3.12. The normalized spacial score (nSPS) is 11.5. The Kier molecular flexibility index (Phi) is 5.65. The predicted octanol–water partition coefficient (Wildman–Crippen LogP) is 2.31. The Balaban J connectivity index is 2.42. The number of carbonyl (C=O) groups is 1. The second-order valence-electron chi connectivity index (χ2n) is 4.32. The maximum atomic E-state index is 11.9. The highest BCUT2D eigenvalue weighted by Crippen LogP contribution is 2.15. The first kappa shape index (κ1) is 14.2. The summed E-state index contributed by atoms with van der Waals surface area (Å²) in [5.41, 5.74) is 5.54. The number of thiophene rings is 1. The van der Waals surface area contributed by atoms with Crippen molar-refractivity contribution in [2.75, 3.05) is 6.54 Å². The molecule has 0 atom stereocenters. The second-order valence-corrected chi connectivity index (χ2v) is 5.35. The third-order valence-corrected chi connectivity index (χ3v) is 4.26. The van der Waals surface area contributed by atoms with Crippen molar-refractivity contribution >= 4 is 17.2 Å². The molecule has 0 bridgehead atoms. The van der Waals surface area contributed by atoms with E-state index in [0.29, 0.717) is 13.0 Å². The summed E-state index contributed by atoms with van der Waals surface area (Å²) in [6, 6.07) is 4.08. The van der Waals surface area contributed by atoms with Gasteiger partial charge in [-0.2, -0.15) is 0 Å². The van der Waals surface area contributed by atoms with Gasteiger partial charge in [0.15, 0.2) is 0 Å². The van der Waals surface area contributed by atoms with Crippen molar-refractivity contribution in [3.63, 3.8) is 0 Å². The van der Waals surface area contributed by atoms with Gasteiger partial charge in [-0.1, -0.05) is 19.9 Å². The van der Waals surface area contributed by atoms with E-state index in [1.165, 1.54) is 4.88 Å². The average molecular weight is 254 g/mol. The number of aryl methyl sites for hydroxylation is 1. The van der Waals surface area contributed by atoms with Gasteiger partial charge in [-0.25, -0.2) is 0 Å². The quantitative estimate of drug-likeness (QED) is 0.784. The molecule has 1 rings (SSSR count). The summed E-state index contributed by atoms with van der Waals surface area (Å²) in [4.78, 5) is 13.1. The standard InChI is InChI=1S/C13H22N2OS/c1-3-13(4-2,10-14)15-12(16)8-7-11-6-5-9-17-11/h5-6,9H,3-4,7-8,10,14H2,1-2H3,(H,15,16). The highest BCUT2D eigenvalue weighted by atomic mass is 32.1. The molecule has 3 nitrogen and oxygen atoms in total. The first-order valence-corrected chi connectivity index (χ1v) is 7.07. The van der Waals surface area contributed by atoms with Crippen LogP contribution in [0.4, 0.5) is 0 Å². The van der Waals surface area contributed by atoms with Gasteiger partial charge in [-0.05, 0) is 30.7 Å². The van der Waals surface area contributed by atoms with Crippen LogP contribution in [0.1, 0.15) is 38.0 Å². The molecule has 1 aromatic rings. The SMILES string of the molecule is CCC(CC)(CN)NC(=O)CCc1cccs1. The Hall–Kier alpha value is -0.870. The minimum atomic E-state index is -0.216. The lowest BCUT2D eigenvalue weighted by Gasteiger charge is -2.31. The third-order valence-electron chi connectivity index (χ3n) is 3.33. The molecule has 96 valence electrons. The molecule has 1 aromatic heterocycles. The van der Waals surface area contributed by atoms with Gasteiger partial charge in [0.05, 0.1) is 5.54 Å². The fourth-order valence-corrected chi connectivity index (χ4v) is 2.53. The van der Waals surface area contributed by atoms with E-state index in [2.05, 4.69) is 25.2 Å². The molecule has 0 spiro atoms. The van der Waals surface area contributed by atoms with Crippen molar-refractivity contribution in [2.45, 2.75) is 45.1 Å². The lowest BCUT2D eigenvalue weighted by Crippen LogP contribution is -2.52. The second kappa shape index (κ2) is 6.77. The van der Waals surface area contributed by atoms with Crippen molar-refractivity contribution in [2.24, 2.45) is 5.73 Å². The molecular weight excluding hydrogens is 232 g/mol. The van der Waals surface area contributed by atoms with Crippen LogP contribution in [0.5, 0.6) is 0 Å². The van der Waals surface area contributed by atoms with Crippen LogP contribution in [-0.4, -0.2) is 18.0 Å². The molecular formula is C13H22N2OS. The number of carbonyl (C=O) groups excluding carboxylic acids is 1. The number of nitrogens with two attached hydrogens (primary N) is 1. The van der Waals surface area contributed by atoms with Gasteiger partial charge >= 0.3 is 0 Å². The fraction of sp³-hybridized carbons (Fsp3) is 0.615. The monoisotopic (exact) mass is 254 g/mol. The zero-order chi connectivity index (χ0) is 12.7. The zero-order valence-electron chi connectivity index (χ0n) is 10.7. The molecule has 0 aliphatic rings. The number of hydrogen-bond donors (Lipinski definition) is 2. The molecule has 0 fully saturated rings. The van der Waals surface area contributed by atoms with Crippen LogP contribution < -0.4 is 11.1 Å². The highest BCUT2D eigenvalue weighted by Gasteiger charge is 2.25. The lowest BCUT2D eigenvalue weighted by atomic mass is 9.92. The van der Waals surface area contributed by atoms with Gasteiger partial charge < -0.3 is 11.1 Å². The molecule has 0 radical (unpaired) electrons. The summed E-state index contributed by atoms with van der Waals surface area (Å²) in [7, 11) is 0. The van der Waals surface area contributed by atoms with Crippen LogP contribution in [-0.2, 0) is 11.2 Å². The summed E-state index contributed by atoms with van der Waals surface area (Å²) in [5.74, 6) is 0.104. The van der Waals surface area contributed by atoms with Crippen LogP contribution >= 0.6 is 11.3 Å². The van der Waals surface area contributed by atoms with Crippen molar-refractivity contribution in [1.29, 1.82) is 0 Å². The zero-order valence-corrected chi connectivity index (χ0v) is 11.5. The maximum absolute atomic E-state index is 11.9. The Bertz CT molecular complexity index is 323. The minimum Gasteiger partial charge on any atom is -0.349 e. The third kappa shape index (κ3) is 4.13. The molecule has 1 heterocycles. The van der Waals surface area contributed by atoms with Gasteiger partial charge in [-0.3, -0.25) is 4.79 Å². The van der Waals surface area contributed by atoms with Crippen LogP contribution in [0.3, 0.4) is 0 Å². The maximum Gasteiger partial charge on any atom is 0.220 e. The van der Waals surface area contributed by atoms with Gasteiger partial charge in [0.25, 0.3) is 0 Å². The molecule has 0 aliphatic carbocycles. The van der Waals surface area contributed by atoms with Crippen LogP contribution in [0.15, 0.2) is 17.5 Å². The largest absolute Gasteiger partial charge is 0.349 e. The van der Waals surface area contributed by atoms with E-state index in [4.69, 9.17) is 5.73 Å². The number of rotatable bonds is 7. The van der Waals surface area contributed by atoms with Gasteiger partial charge in [-0.15, -0.1) is 11.3 Å². The number of nitrogens with one attached hydrogen (secondary N) is 1. The summed E-state index contributed by atoms with van der Waals surface area (Å²) in [5, 5.41) is 5.12. The highest BCUT2D eigenvalue weighted by molar-refractivity contribution is 7.09. The summed E-state index contributed by atoms with van der Waals surface area (Å²) < 4.78 is 0. The summed E-state index contributed by atoms with van der Waals surface area (Å²) in [6.45, 7) is 4.64. The molecule has 0 saturated heterocycles. The minimum absolute atomic E-state index is 0.104. The van der Waals surface area contributed by atoms with Crippen molar-refractivity contribution in [3.8, 4) is 0 Å². The van der Waals surface area contributed by atoms with Crippen molar-refractivity contribution in [3.05, 3.63) is 22.4 Å². The fourth-order valence-electron chi connectivity index (χ4n) is 1.82. The first-order chi connectivity index (χ1) is 8.15. The Morgan fingerprint density at radius 1 is 1.47 bits per heavy atom.